The molecule has 1 fully saturated rings. The van der Waals surface area contributed by atoms with Gasteiger partial charge in [0.1, 0.15) is 0 Å². The Balaban J connectivity index is 1.86. The zero-order valence-electron chi connectivity index (χ0n) is 13.1. The predicted octanol–water partition coefficient (Wildman–Crippen LogP) is 0.743. The van der Waals surface area contributed by atoms with Crippen molar-refractivity contribution >= 4 is 5.91 Å². The summed E-state index contributed by atoms with van der Waals surface area (Å²) in [6.45, 7) is 5.21. The second-order valence-electron chi connectivity index (χ2n) is 5.99. The van der Waals surface area contributed by atoms with Crippen LogP contribution in [-0.2, 0) is 22.6 Å². The lowest BCUT2D eigenvalue weighted by atomic mass is 10.0. The molecule has 0 aliphatic carbocycles. The van der Waals surface area contributed by atoms with Gasteiger partial charge in [0.2, 0.25) is 0 Å². The van der Waals surface area contributed by atoms with E-state index in [4.69, 9.17) is 4.74 Å². The van der Waals surface area contributed by atoms with E-state index in [0.717, 1.165) is 18.7 Å². The highest BCUT2D eigenvalue weighted by atomic mass is 16.5. The predicted molar refractivity (Wildman–Crippen MR) is 82.9 cm³/mol. The van der Waals surface area contributed by atoms with Crippen LogP contribution in [-0.4, -0.2) is 50.2 Å². The van der Waals surface area contributed by atoms with Crippen LogP contribution >= 0.6 is 0 Å². The second-order valence-corrected chi connectivity index (χ2v) is 5.99. The van der Waals surface area contributed by atoms with E-state index in [2.05, 4.69) is 39.8 Å². The van der Waals surface area contributed by atoms with E-state index >= 15 is 0 Å². The largest absolute Gasteiger partial charge is 0.363 e. The molecule has 1 aliphatic rings. The molecule has 1 atom stereocenters. The average molecular weight is 291 g/mol. The van der Waals surface area contributed by atoms with Gasteiger partial charge in [0.05, 0.1) is 6.61 Å². The molecule has 21 heavy (non-hydrogen) atoms. The summed E-state index contributed by atoms with van der Waals surface area (Å²) in [4.78, 5) is 14.4. The molecule has 5 heteroatoms. The van der Waals surface area contributed by atoms with Crippen molar-refractivity contribution in [3.8, 4) is 0 Å². The zero-order valence-corrected chi connectivity index (χ0v) is 13.1. The van der Waals surface area contributed by atoms with Crippen LogP contribution < -0.4 is 10.6 Å². The number of ether oxygens (including phenoxy) is 1. The molecule has 2 rings (SSSR count). The first kappa shape index (κ1) is 15.9. The maximum absolute atomic E-state index is 12.2. The van der Waals surface area contributed by atoms with E-state index in [9.17, 15) is 4.79 Å². The van der Waals surface area contributed by atoms with Crippen LogP contribution in [0.15, 0.2) is 24.3 Å². The van der Waals surface area contributed by atoms with Crippen molar-refractivity contribution in [2.45, 2.75) is 25.6 Å². The summed E-state index contributed by atoms with van der Waals surface area (Å²) in [7, 11) is 4.10. The van der Waals surface area contributed by atoms with Crippen LogP contribution in [0.4, 0.5) is 0 Å². The van der Waals surface area contributed by atoms with E-state index in [-0.39, 0.29) is 5.91 Å². The Labute approximate surface area is 126 Å². The van der Waals surface area contributed by atoms with Crippen molar-refractivity contribution in [2.24, 2.45) is 0 Å². The molecule has 0 aromatic heterocycles. The monoisotopic (exact) mass is 291 g/mol. The van der Waals surface area contributed by atoms with E-state index in [1.807, 2.05) is 21.0 Å². The molecule has 1 aliphatic heterocycles. The Hall–Kier alpha value is -1.43. The highest BCUT2D eigenvalue weighted by Gasteiger charge is 2.35. The van der Waals surface area contributed by atoms with Gasteiger partial charge in [-0.1, -0.05) is 24.3 Å². The standard InChI is InChI=1S/C16H25N3O2/c1-16(12-17-8-9-21-16)15(20)18-10-13-4-6-14(7-5-13)11-19(2)3/h4-7,17H,8-12H2,1-3H3,(H,18,20)/t16-/m0/s1. The maximum Gasteiger partial charge on any atom is 0.253 e. The molecule has 1 amide bonds. The molecule has 5 nitrogen and oxygen atoms in total. The van der Waals surface area contributed by atoms with Crippen molar-refractivity contribution in [1.82, 2.24) is 15.5 Å². The fourth-order valence-corrected chi connectivity index (χ4v) is 2.37. The molecular formula is C16H25N3O2. The summed E-state index contributed by atoms with van der Waals surface area (Å²) in [6, 6.07) is 8.31. The minimum absolute atomic E-state index is 0.0629. The van der Waals surface area contributed by atoms with Crippen LogP contribution in [0.1, 0.15) is 18.1 Å². The third-order valence-corrected chi connectivity index (χ3v) is 3.62. The number of carbonyl (C=O) groups excluding carboxylic acids is 1. The van der Waals surface area contributed by atoms with Gasteiger partial charge in [-0.15, -0.1) is 0 Å². The molecule has 0 saturated carbocycles. The summed E-state index contributed by atoms with van der Waals surface area (Å²) >= 11 is 0. The number of amides is 1. The highest BCUT2D eigenvalue weighted by Crippen LogP contribution is 2.13. The molecule has 1 aromatic rings. The van der Waals surface area contributed by atoms with Gasteiger partial charge in [0.25, 0.3) is 5.91 Å². The van der Waals surface area contributed by atoms with E-state index in [1.54, 1.807) is 0 Å². The minimum Gasteiger partial charge on any atom is -0.363 e. The van der Waals surface area contributed by atoms with Gasteiger partial charge in [-0.25, -0.2) is 0 Å². The first-order valence-electron chi connectivity index (χ1n) is 7.35. The second kappa shape index (κ2) is 7.02. The number of nitrogens with one attached hydrogen (secondary N) is 2. The molecule has 2 N–H and O–H groups in total. The molecule has 0 spiro atoms. The van der Waals surface area contributed by atoms with Gasteiger partial charge >= 0.3 is 0 Å². The number of carbonyl (C=O) groups is 1. The normalized spacial score (nSPS) is 22.3. The smallest absolute Gasteiger partial charge is 0.253 e. The fourth-order valence-electron chi connectivity index (χ4n) is 2.37. The number of nitrogens with zero attached hydrogens (tertiary/aromatic N) is 1. The van der Waals surface area contributed by atoms with Crippen LogP contribution in [0.3, 0.4) is 0 Å². The minimum atomic E-state index is -0.761. The van der Waals surface area contributed by atoms with Gasteiger partial charge < -0.3 is 20.3 Å². The van der Waals surface area contributed by atoms with Gasteiger partial charge in [0.15, 0.2) is 5.60 Å². The van der Waals surface area contributed by atoms with Crippen LogP contribution in [0.5, 0.6) is 0 Å². The zero-order chi connectivity index (χ0) is 15.3. The number of hydrogen-bond donors (Lipinski definition) is 2. The lowest BCUT2D eigenvalue weighted by molar-refractivity contribution is -0.148. The Morgan fingerprint density at radius 3 is 2.57 bits per heavy atom. The summed E-state index contributed by atoms with van der Waals surface area (Å²) in [5, 5.41) is 6.14. The van der Waals surface area contributed by atoms with Crippen molar-refractivity contribution in [3.05, 3.63) is 35.4 Å². The molecular weight excluding hydrogens is 266 g/mol. The summed E-state index contributed by atoms with van der Waals surface area (Å²) in [5.74, 6) is -0.0629. The van der Waals surface area contributed by atoms with Crippen molar-refractivity contribution in [1.29, 1.82) is 0 Å². The van der Waals surface area contributed by atoms with Crippen LogP contribution in [0.25, 0.3) is 0 Å². The quantitative estimate of drug-likeness (QED) is 0.840. The SMILES string of the molecule is CN(C)Cc1ccc(CNC(=O)[C@]2(C)CNCCO2)cc1. The fraction of sp³-hybridized carbons (Fsp3) is 0.562. The van der Waals surface area contributed by atoms with Gasteiger partial charge in [-0.05, 0) is 32.1 Å². The van der Waals surface area contributed by atoms with Crippen LogP contribution in [0, 0.1) is 0 Å². The maximum atomic E-state index is 12.2. The molecule has 0 unspecified atom stereocenters. The number of hydrogen-bond acceptors (Lipinski definition) is 4. The van der Waals surface area contributed by atoms with Gasteiger partial charge in [-0.2, -0.15) is 0 Å². The van der Waals surface area contributed by atoms with E-state index < -0.39 is 5.60 Å². The number of benzene rings is 1. The Kier molecular flexibility index (Phi) is 5.33. The molecule has 1 aromatic carbocycles. The molecule has 1 saturated heterocycles. The summed E-state index contributed by atoms with van der Waals surface area (Å²) in [6.07, 6.45) is 0. The number of morpholine rings is 1. The third-order valence-electron chi connectivity index (χ3n) is 3.62. The highest BCUT2D eigenvalue weighted by molar-refractivity contribution is 5.85. The van der Waals surface area contributed by atoms with Gasteiger partial charge in [-0.3, -0.25) is 4.79 Å². The molecule has 1 heterocycles. The number of rotatable bonds is 5. The lowest BCUT2D eigenvalue weighted by Gasteiger charge is -2.32. The Morgan fingerprint density at radius 1 is 1.33 bits per heavy atom. The first-order chi connectivity index (χ1) is 9.99. The Bertz CT molecular complexity index is 465. The van der Waals surface area contributed by atoms with Gasteiger partial charge in [0, 0.05) is 26.2 Å². The molecule has 0 radical (unpaired) electrons. The lowest BCUT2D eigenvalue weighted by Crippen LogP contribution is -2.56. The third kappa shape index (κ3) is 4.52. The first-order valence-corrected chi connectivity index (χ1v) is 7.35. The summed E-state index contributed by atoms with van der Waals surface area (Å²) < 4.78 is 5.60. The van der Waals surface area contributed by atoms with Crippen molar-refractivity contribution in [2.75, 3.05) is 33.8 Å². The van der Waals surface area contributed by atoms with Crippen LogP contribution in [0.2, 0.25) is 0 Å². The summed E-state index contributed by atoms with van der Waals surface area (Å²) in [5.41, 5.74) is 1.60. The molecule has 116 valence electrons. The van der Waals surface area contributed by atoms with E-state index in [1.165, 1.54) is 5.56 Å². The van der Waals surface area contributed by atoms with E-state index in [0.29, 0.717) is 19.7 Å². The average Bonchev–Trinajstić information content (AvgIpc) is 2.46. The Morgan fingerprint density at radius 2 is 2.00 bits per heavy atom. The molecule has 0 bridgehead atoms. The van der Waals surface area contributed by atoms with Crippen molar-refractivity contribution < 1.29 is 9.53 Å². The topological polar surface area (TPSA) is 53.6 Å². The van der Waals surface area contributed by atoms with Crippen molar-refractivity contribution in [3.63, 3.8) is 0 Å².